The summed E-state index contributed by atoms with van der Waals surface area (Å²) in [6, 6.07) is 5.03. The van der Waals surface area contributed by atoms with Crippen LogP contribution in [-0.2, 0) is 4.79 Å². The van der Waals surface area contributed by atoms with Crippen molar-refractivity contribution in [2.75, 3.05) is 0 Å². The topological polar surface area (TPSA) is 29.1 Å². The van der Waals surface area contributed by atoms with Crippen LogP contribution in [0, 0.1) is 12.7 Å². The van der Waals surface area contributed by atoms with Crippen molar-refractivity contribution in [3.05, 3.63) is 65.5 Å². The number of halogens is 1. The summed E-state index contributed by atoms with van der Waals surface area (Å²) >= 11 is 0. The van der Waals surface area contributed by atoms with Crippen molar-refractivity contribution in [3.8, 4) is 0 Å². The van der Waals surface area contributed by atoms with Crippen LogP contribution in [0.5, 0.6) is 0 Å². The number of carbonyl (C=O) groups excluding carboxylic acids is 1. The Hall–Kier alpha value is -2.16. The van der Waals surface area contributed by atoms with E-state index in [1.165, 1.54) is 6.07 Å². The Morgan fingerprint density at radius 3 is 2.44 bits per heavy atom. The van der Waals surface area contributed by atoms with Crippen LogP contribution in [-0.4, -0.2) is 11.9 Å². The number of hydrogen-bond acceptors (Lipinski definition) is 1. The molecule has 0 aliphatic carbocycles. The summed E-state index contributed by atoms with van der Waals surface area (Å²) in [4.78, 5) is 12.7. The molecule has 0 aliphatic rings. The number of carbonyl (C=O) groups is 1. The molecule has 0 spiro atoms. The maximum atomic E-state index is 13.6. The van der Waals surface area contributed by atoms with Gasteiger partial charge in [-0.15, -0.1) is 0 Å². The Balaban J connectivity index is 3.08. The van der Waals surface area contributed by atoms with Gasteiger partial charge in [0.25, 0.3) is 5.91 Å². The predicted molar refractivity (Wildman–Crippen MR) is 105 cm³/mol. The summed E-state index contributed by atoms with van der Waals surface area (Å²) in [7, 11) is 0. The Kier molecular flexibility index (Phi) is 8.90. The van der Waals surface area contributed by atoms with Crippen molar-refractivity contribution in [2.45, 2.75) is 59.4 Å². The number of amides is 1. The molecule has 1 aromatic rings. The van der Waals surface area contributed by atoms with Gasteiger partial charge in [0.05, 0.1) is 0 Å². The highest BCUT2D eigenvalue weighted by molar-refractivity contribution is 6.08. The Morgan fingerprint density at radius 2 is 1.92 bits per heavy atom. The first kappa shape index (κ1) is 20.9. The van der Waals surface area contributed by atoms with E-state index in [1.54, 1.807) is 19.1 Å². The predicted octanol–water partition coefficient (Wildman–Crippen LogP) is 5.73. The van der Waals surface area contributed by atoms with E-state index in [1.807, 2.05) is 25.2 Å². The van der Waals surface area contributed by atoms with Crippen LogP contribution in [0.1, 0.15) is 57.6 Å². The van der Waals surface area contributed by atoms with E-state index in [4.69, 9.17) is 0 Å². The third-order valence-electron chi connectivity index (χ3n) is 4.13. The summed E-state index contributed by atoms with van der Waals surface area (Å²) in [5.74, 6) is -0.417. The molecule has 1 amide bonds. The first-order valence-corrected chi connectivity index (χ1v) is 9.04. The fourth-order valence-electron chi connectivity index (χ4n) is 2.76. The smallest absolute Gasteiger partial charge is 0.251 e. The Bertz CT molecular complexity index is 652. The van der Waals surface area contributed by atoms with Gasteiger partial charge in [0.1, 0.15) is 5.82 Å². The highest BCUT2D eigenvalue weighted by atomic mass is 19.1. The lowest BCUT2D eigenvalue weighted by Gasteiger charge is -2.19. The summed E-state index contributed by atoms with van der Waals surface area (Å²) in [6.45, 7) is 11.9. The van der Waals surface area contributed by atoms with Crippen LogP contribution in [0.3, 0.4) is 0 Å². The van der Waals surface area contributed by atoms with Crippen molar-refractivity contribution in [3.63, 3.8) is 0 Å². The molecule has 136 valence electrons. The van der Waals surface area contributed by atoms with Crippen molar-refractivity contribution >= 4 is 11.5 Å². The molecule has 0 fully saturated rings. The van der Waals surface area contributed by atoms with Gasteiger partial charge in [0, 0.05) is 11.6 Å². The van der Waals surface area contributed by atoms with E-state index in [0.717, 1.165) is 31.2 Å². The van der Waals surface area contributed by atoms with Crippen molar-refractivity contribution in [1.82, 2.24) is 5.32 Å². The molecule has 1 rings (SSSR count). The number of benzene rings is 1. The zero-order valence-corrected chi connectivity index (χ0v) is 15.9. The molecule has 0 saturated heterocycles. The third kappa shape index (κ3) is 6.33. The normalized spacial score (nSPS) is 12.0. The first-order chi connectivity index (χ1) is 11.9. The highest BCUT2D eigenvalue weighted by Gasteiger charge is 2.17. The number of hydrogen-bond donors (Lipinski definition) is 1. The minimum Gasteiger partial charge on any atom is -0.349 e. The van der Waals surface area contributed by atoms with E-state index in [2.05, 4.69) is 25.7 Å². The van der Waals surface area contributed by atoms with Crippen molar-refractivity contribution in [1.29, 1.82) is 0 Å². The average Bonchev–Trinajstić information content (AvgIpc) is 2.58. The molecule has 3 heteroatoms. The summed E-state index contributed by atoms with van der Waals surface area (Å²) in [6.07, 6.45) is 9.56. The third-order valence-corrected chi connectivity index (χ3v) is 4.13. The van der Waals surface area contributed by atoms with Crippen LogP contribution in [0.2, 0.25) is 0 Å². The molecule has 0 atom stereocenters. The molecule has 0 aliphatic heterocycles. The Morgan fingerprint density at radius 1 is 1.28 bits per heavy atom. The van der Waals surface area contributed by atoms with Crippen molar-refractivity contribution < 1.29 is 9.18 Å². The number of nitrogens with one attached hydrogen (secondary N) is 1. The number of allylic oxidation sites excluding steroid dienone is 3. The van der Waals surface area contributed by atoms with Gasteiger partial charge in [0.2, 0.25) is 0 Å². The molecule has 1 N–H and O–H groups in total. The molecule has 25 heavy (non-hydrogen) atoms. The summed E-state index contributed by atoms with van der Waals surface area (Å²) in [5, 5.41) is 3.09. The van der Waals surface area contributed by atoms with Gasteiger partial charge in [0.15, 0.2) is 0 Å². The zero-order chi connectivity index (χ0) is 18.8. The number of aryl methyl sites for hydroxylation is 1. The molecule has 0 aromatic heterocycles. The summed E-state index contributed by atoms with van der Waals surface area (Å²) < 4.78 is 13.6. The molecule has 0 radical (unpaired) electrons. The number of rotatable bonds is 9. The van der Waals surface area contributed by atoms with E-state index in [0.29, 0.717) is 16.7 Å². The van der Waals surface area contributed by atoms with E-state index < -0.39 is 0 Å². The summed E-state index contributed by atoms with van der Waals surface area (Å²) in [5.41, 5.74) is 2.46. The zero-order valence-electron chi connectivity index (χ0n) is 15.9. The van der Waals surface area contributed by atoms with E-state index in [9.17, 15) is 9.18 Å². The van der Waals surface area contributed by atoms with Gasteiger partial charge in [-0.25, -0.2) is 4.39 Å². The van der Waals surface area contributed by atoms with Gasteiger partial charge in [-0.3, -0.25) is 4.79 Å². The maximum absolute atomic E-state index is 13.6. The second-order valence-corrected chi connectivity index (χ2v) is 6.30. The van der Waals surface area contributed by atoms with Gasteiger partial charge in [-0.2, -0.15) is 0 Å². The lowest BCUT2D eigenvalue weighted by atomic mass is 9.95. The molecule has 2 nitrogen and oxygen atoms in total. The SMILES string of the molecule is C=C(C(=O)NC(CCC)CCC)/C(=C\C=C/C)c1ccc(F)c(C)c1. The minimum absolute atomic E-state index is 0.162. The van der Waals surface area contributed by atoms with Crippen LogP contribution in [0.25, 0.3) is 5.57 Å². The fraction of sp³-hybridized carbons (Fsp3) is 0.409. The molecule has 0 heterocycles. The lowest BCUT2D eigenvalue weighted by molar-refractivity contribution is -0.117. The molecule has 0 unspecified atom stereocenters. The average molecular weight is 343 g/mol. The van der Waals surface area contributed by atoms with Crippen LogP contribution in [0.4, 0.5) is 4.39 Å². The van der Waals surface area contributed by atoms with Crippen molar-refractivity contribution in [2.24, 2.45) is 0 Å². The van der Waals surface area contributed by atoms with Gasteiger partial charge in [-0.05, 0) is 55.5 Å². The van der Waals surface area contributed by atoms with Gasteiger partial charge >= 0.3 is 0 Å². The van der Waals surface area contributed by atoms with E-state index in [-0.39, 0.29) is 17.8 Å². The monoisotopic (exact) mass is 343 g/mol. The molecule has 1 aromatic carbocycles. The second kappa shape index (κ2) is 10.7. The van der Waals surface area contributed by atoms with E-state index >= 15 is 0 Å². The molecule has 0 saturated carbocycles. The lowest BCUT2D eigenvalue weighted by Crippen LogP contribution is -2.35. The largest absolute Gasteiger partial charge is 0.349 e. The van der Waals surface area contributed by atoms with Crippen LogP contribution >= 0.6 is 0 Å². The highest BCUT2D eigenvalue weighted by Crippen LogP contribution is 2.25. The van der Waals surface area contributed by atoms with Crippen LogP contribution in [0.15, 0.2) is 48.6 Å². The fourth-order valence-corrected chi connectivity index (χ4v) is 2.76. The second-order valence-electron chi connectivity index (χ2n) is 6.30. The molecule has 0 bridgehead atoms. The van der Waals surface area contributed by atoms with Gasteiger partial charge < -0.3 is 5.32 Å². The first-order valence-electron chi connectivity index (χ1n) is 9.04. The Labute approximate surface area is 151 Å². The molecular weight excluding hydrogens is 313 g/mol. The van der Waals surface area contributed by atoms with Crippen LogP contribution < -0.4 is 5.32 Å². The quantitative estimate of drug-likeness (QED) is 0.450. The standard InChI is InChI=1S/C22H30FNO/c1-6-9-12-20(18-13-14-21(23)16(4)15-18)17(5)22(25)24-19(10-7-2)11-8-3/h6,9,12-15,19H,5,7-8,10-11H2,1-4H3,(H,24,25)/b9-6-,20-12+. The molecular formula is C22H30FNO. The maximum Gasteiger partial charge on any atom is 0.251 e. The minimum atomic E-state index is -0.254. The van der Waals surface area contributed by atoms with Gasteiger partial charge in [-0.1, -0.05) is 57.6 Å².